The van der Waals surface area contributed by atoms with Gasteiger partial charge in [-0.25, -0.2) is 4.98 Å². The molecule has 13 rings (SSSR count). The van der Waals surface area contributed by atoms with Crippen LogP contribution in [0.25, 0.3) is 49.7 Å². The number of hydrogen-bond donors (Lipinski definition) is 2. The average molecular weight is 1180 g/mol. The fourth-order valence-corrected chi connectivity index (χ4v) is 13.2. The van der Waals surface area contributed by atoms with Crippen molar-refractivity contribution in [3.05, 3.63) is 324 Å². The molecule has 0 spiro atoms. The molecule has 9 heteroatoms. The summed E-state index contributed by atoms with van der Waals surface area (Å²) in [7, 11) is 4.41. The van der Waals surface area contributed by atoms with Gasteiger partial charge in [0.05, 0.1) is 28.1 Å². The lowest BCUT2D eigenvalue weighted by molar-refractivity contribution is 0.483. The van der Waals surface area contributed by atoms with Gasteiger partial charge >= 0.3 is 0 Å². The van der Waals surface area contributed by atoms with Crippen LogP contribution in [-0.4, -0.2) is 30.8 Å². The van der Waals surface area contributed by atoms with Crippen molar-refractivity contribution in [1.82, 2.24) is 20.2 Å². The molecule has 0 fully saturated rings. The van der Waals surface area contributed by atoms with Crippen molar-refractivity contribution in [3.8, 4) is 28.4 Å². The number of pyridine rings is 1. The highest BCUT2D eigenvalue weighted by Crippen LogP contribution is 2.51. The number of allylic oxidation sites excluding steroid dienone is 8. The minimum Gasteiger partial charge on any atom is -0.457 e. The van der Waals surface area contributed by atoms with Gasteiger partial charge in [-0.2, -0.15) is 0 Å². The first-order chi connectivity index (χ1) is 44.3. The van der Waals surface area contributed by atoms with Crippen LogP contribution in [0.15, 0.2) is 280 Å². The van der Waals surface area contributed by atoms with Crippen molar-refractivity contribution >= 4 is 70.1 Å². The van der Waals surface area contributed by atoms with Crippen LogP contribution in [-0.2, 0) is 10.8 Å². The van der Waals surface area contributed by atoms with Crippen molar-refractivity contribution in [1.29, 1.82) is 0 Å². The Hall–Kier alpha value is -10.2. The van der Waals surface area contributed by atoms with Crippen molar-refractivity contribution < 1.29 is 4.74 Å². The van der Waals surface area contributed by atoms with Gasteiger partial charge in [-0.1, -0.05) is 199 Å². The highest BCUT2D eigenvalue weighted by Gasteiger charge is 2.34. The van der Waals surface area contributed by atoms with Gasteiger partial charge in [-0.15, -0.1) is 12.0 Å². The van der Waals surface area contributed by atoms with Gasteiger partial charge < -0.3 is 25.2 Å². The summed E-state index contributed by atoms with van der Waals surface area (Å²) in [5, 5.41) is 8.85. The number of nitrogens with zero attached hydrogens (tertiary/aromatic N) is 4. The molecule has 0 saturated heterocycles. The molecular formula is C82H76B2N6O. The molecule has 3 aliphatic heterocycles. The van der Waals surface area contributed by atoms with Crippen LogP contribution in [0.5, 0.6) is 11.5 Å². The molecule has 0 unspecified atom stereocenters. The normalized spacial score (nSPS) is 17.5. The number of anilines is 4. The number of rotatable bonds is 13. The van der Waals surface area contributed by atoms with Crippen molar-refractivity contribution in [3.63, 3.8) is 0 Å². The van der Waals surface area contributed by atoms with E-state index in [0.29, 0.717) is 6.67 Å². The fourth-order valence-electron chi connectivity index (χ4n) is 13.2. The molecule has 0 amide bonds. The number of aromatic nitrogens is 2. The molecule has 91 heavy (non-hydrogen) atoms. The molecule has 5 heterocycles. The lowest BCUT2D eigenvalue weighted by Crippen LogP contribution is -2.26. The first-order valence-electron chi connectivity index (χ1n) is 31.8. The minimum atomic E-state index is -0.472. The van der Waals surface area contributed by atoms with Crippen LogP contribution in [0.3, 0.4) is 0 Å². The molecule has 2 N–H and O–H groups in total. The first-order valence-corrected chi connectivity index (χ1v) is 31.8. The summed E-state index contributed by atoms with van der Waals surface area (Å²) in [6.07, 6.45) is 26.4. The van der Waals surface area contributed by atoms with Crippen LogP contribution in [0, 0.1) is 0 Å². The van der Waals surface area contributed by atoms with Crippen LogP contribution in [0.1, 0.15) is 112 Å². The molecule has 8 aromatic carbocycles. The smallest absolute Gasteiger partial charge is 0.182 e. The second-order valence-corrected chi connectivity index (χ2v) is 25.5. The Morgan fingerprint density at radius 2 is 1.08 bits per heavy atom. The molecule has 0 atom stereocenters. The maximum atomic E-state index is 7.44. The summed E-state index contributed by atoms with van der Waals surface area (Å²) in [5.74, 6) is 7.05. The molecule has 2 radical (unpaired) electrons. The lowest BCUT2D eigenvalue weighted by atomic mass is 9.63. The van der Waals surface area contributed by atoms with E-state index in [0.717, 1.165) is 89.7 Å². The summed E-state index contributed by atoms with van der Waals surface area (Å²) >= 11 is 0. The average Bonchev–Trinajstić information content (AvgIpc) is 1.65. The van der Waals surface area contributed by atoms with Gasteiger partial charge in [0.1, 0.15) is 24.0 Å². The second-order valence-electron chi connectivity index (χ2n) is 25.5. The van der Waals surface area contributed by atoms with E-state index in [1.54, 1.807) is 0 Å². The fraction of sp³-hybridized carbons (Fsp3) is 0.159. The molecule has 2 aromatic heterocycles. The van der Waals surface area contributed by atoms with Gasteiger partial charge in [0.2, 0.25) is 0 Å². The van der Waals surface area contributed by atoms with Crippen molar-refractivity contribution in [2.45, 2.75) is 78.1 Å². The van der Waals surface area contributed by atoms with Gasteiger partial charge in [0, 0.05) is 65.0 Å². The zero-order valence-corrected chi connectivity index (χ0v) is 53.3. The van der Waals surface area contributed by atoms with E-state index in [2.05, 4.69) is 331 Å². The zero-order valence-electron chi connectivity index (χ0n) is 53.3. The number of nitrogens with one attached hydrogen (secondary N) is 2. The third-order valence-corrected chi connectivity index (χ3v) is 17.9. The molecule has 3 aliphatic rings. The third kappa shape index (κ3) is 12.0. The molecular weight excluding hydrogens is 1110 g/mol. The molecule has 0 saturated carbocycles. The van der Waals surface area contributed by atoms with Crippen LogP contribution in [0.2, 0.25) is 0 Å². The Morgan fingerprint density at radius 3 is 1.69 bits per heavy atom. The van der Waals surface area contributed by atoms with Crippen LogP contribution in [0.4, 0.5) is 22.7 Å². The zero-order chi connectivity index (χ0) is 62.6. The third-order valence-electron chi connectivity index (χ3n) is 17.9. The predicted octanol–water partition coefficient (Wildman–Crippen LogP) is 20.2. The number of fused-ring (bicyclic) bond motifs is 4. The highest BCUT2D eigenvalue weighted by atomic mass is 16.5. The molecule has 0 bridgehead atoms. The monoisotopic (exact) mass is 1180 g/mol. The van der Waals surface area contributed by atoms with Gasteiger partial charge in [-0.05, 0) is 165 Å². The quantitative estimate of drug-likeness (QED) is 0.112. The highest BCUT2D eigenvalue weighted by molar-refractivity contribution is 6.67. The minimum absolute atomic E-state index is 0.0644. The van der Waals surface area contributed by atoms with E-state index in [4.69, 9.17) is 9.72 Å². The summed E-state index contributed by atoms with van der Waals surface area (Å²) < 4.78 is 9.78. The van der Waals surface area contributed by atoms with Gasteiger partial charge in [-0.3, -0.25) is 4.57 Å². The number of benzene rings is 8. The van der Waals surface area contributed by atoms with Gasteiger partial charge in [0.25, 0.3) is 0 Å². The summed E-state index contributed by atoms with van der Waals surface area (Å²) in [4.78, 5) is 10.2. The Morgan fingerprint density at radius 1 is 0.484 bits per heavy atom. The maximum Gasteiger partial charge on any atom is 0.182 e. The number of ether oxygens (including phenoxy) is 1. The van der Waals surface area contributed by atoms with Crippen LogP contribution >= 0.6 is 0 Å². The van der Waals surface area contributed by atoms with E-state index in [9.17, 15) is 0 Å². The van der Waals surface area contributed by atoms with Gasteiger partial charge in [0.15, 0.2) is 14.6 Å². The van der Waals surface area contributed by atoms with E-state index in [-0.39, 0.29) is 17.3 Å². The molecule has 7 nitrogen and oxygen atoms in total. The first kappa shape index (κ1) is 59.7. The Labute approximate surface area is 539 Å². The Balaban J connectivity index is 0.985. The summed E-state index contributed by atoms with van der Waals surface area (Å²) in [5.41, 5.74) is 20.0. The molecule has 446 valence electrons. The Kier molecular flexibility index (Phi) is 16.9. The predicted molar refractivity (Wildman–Crippen MR) is 386 cm³/mol. The van der Waals surface area contributed by atoms with E-state index < -0.39 is 5.41 Å². The van der Waals surface area contributed by atoms with Crippen LogP contribution < -0.4 is 25.2 Å². The summed E-state index contributed by atoms with van der Waals surface area (Å²) in [6, 6.07) is 68.9. The van der Waals surface area contributed by atoms with E-state index >= 15 is 0 Å². The largest absolute Gasteiger partial charge is 0.457 e. The number of hydrogen-bond acceptors (Lipinski definition) is 6. The SMILES string of the molecule is CC(C)c1cccc(C(C)C)c1-c1cc(Oc2ccc3c4cc(C(C)(C)C)ccc4n(-c4cc(C(C)(c5ccccc5)c5ccccc5)ccn4)c3c2)cc(N2CN(c3c(/C4=C/C=C\N/C=C\C=C/[B]4)cccc3/C3=C/C=C\N/C=C\C=C/[B]3)c3ccccc32)c1. The molecule has 0 aliphatic carbocycles. The van der Waals surface area contributed by atoms with Crippen molar-refractivity contribution in [2.75, 3.05) is 16.5 Å². The molecule has 10 aromatic rings. The topological polar surface area (TPSA) is 57.6 Å². The van der Waals surface area contributed by atoms with E-state index in [1.807, 2.05) is 43.1 Å². The lowest BCUT2D eigenvalue weighted by Gasteiger charge is -2.32. The standard InChI is InChI=1S/C82H76B2N6O/c1-56(2)66-29-21-30-67(57(3)4)79(66)58-49-63(88-55-89(76-36-16-15-35-75(76)88)80-69(72-33-23-46-85-44-19-17-42-83-72)31-22-32-70(80)73-34-24-47-86-45-20-18-43-84-73)53-65(50-58)91-64-38-39-68-71-51-61(81(5,6)7)37-40-74(71)90(77(68)54-64)78-52-62(41-48-87-78)82(8,59-25-11-9-12-26-59)60-27-13-10-14-28-60/h9-54,56-57,85-86H,55H2,1-8H3/b42-17-,43-18-,44-19-,45-20-,46-23-,47-24-,72-33-,73-34-. The maximum absolute atomic E-state index is 7.44. The Bertz CT molecular complexity index is 4470. The van der Waals surface area contributed by atoms with E-state index in [1.165, 1.54) is 38.8 Å². The van der Waals surface area contributed by atoms with Crippen molar-refractivity contribution in [2.24, 2.45) is 0 Å². The summed E-state index contributed by atoms with van der Waals surface area (Å²) in [6.45, 7) is 18.9. The number of para-hydroxylation sites is 3. The second kappa shape index (κ2) is 25.7.